The predicted octanol–water partition coefficient (Wildman–Crippen LogP) is 0.716. The molecule has 0 radical (unpaired) electrons. The third kappa shape index (κ3) is 2.79. The van der Waals surface area contributed by atoms with Crippen molar-refractivity contribution in [2.45, 2.75) is 0 Å². The van der Waals surface area contributed by atoms with Crippen LogP contribution in [0.5, 0.6) is 0 Å². The summed E-state index contributed by atoms with van der Waals surface area (Å²) >= 11 is 0. The molecule has 1 aromatic rings. The average molecular weight is 189 g/mol. The van der Waals surface area contributed by atoms with Crippen LogP contribution >= 0.6 is 0 Å². The molecule has 0 aliphatic rings. The number of hydrogen-bond donors (Lipinski definition) is 2. The SMILES string of the molecule is CNC(=O)CNc1ccc(C#N)cc1. The summed E-state index contributed by atoms with van der Waals surface area (Å²) in [7, 11) is 1.59. The van der Waals surface area contributed by atoms with E-state index in [-0.39, 0.29) is 12.5 Å². The van der Waals surface area contributed by atoms with Gasteiger partial charge >= 0.3 is 0 Å². The zero-order chi connectivity index (χ0) is 10.4. The monoisotopic (exact) mass is 189 g/mol. The minimum atomic E-state index is -0.0747. The van der Waals surface area contributed by atoms with Crippen molar-refractivity contribution in [2.24, 2.45) is 0 Å². The van der Waals surface area contributed by atoms with Gasteiger partial charge in [0.2, 0.25) is 5.91 Å². The fraction of sp³-hybridized carbons (Fsp3) is 0.200. The summed E-state index contributed by atoms with van der Waals surface area (Å²) in [6.45, 7) is 0.238. The van der Waals surface area contributed by atoms with Gasteiger partial charge in [0.25, 0.3) is 0 Å². The molecule has 0 atom stereocenters. The van der Waals surface area contributed by atoms with Crippen LogP contribution in [-0.4, -0.2) is 19.5 Å². The molecule has 1 rings (SSSR count). The number of rotatable bonds is 3. The second-order valence-electron chi connectivity index (χ2n) is 2.72. The number of amides is 1. The third-order valence-corrected chi connectivity index (χ3v) is 1.75. The smallest absolute Gasteiger partial charge is 0.239 e. The maximum Gasteiger partial charge on any atom is 0.239 e. The van der Waals surface area contributed by atoms with Crippen molar-refractivity contribution in [3.8, 4) is 6.07 Å². The van der Waals surface area contributed by atoms with Gasteiger partial charge in [-0.3, -0.25) is 4.79 Å². The minimum Gasteiger partial charge on any atom is -0.376 e. The van der Waals surface area contributed by atoms with Gasteiger partial charge in [-0.2, -0.15) is 5.26 Å². The van der Waals surface area contributed by atoms with Gasteiger partial charge in [-0.1, -0.05) is 0 Å². The van der Waals surface area contributed by atoms with E-state index in [4.69, 9.17) is 5.26 Å². The third-order valence-electron chi connectivity index (χ3n) is 1.75. The molecule has 4 nitrogen and oxygen atoms in total. The number of likely N-dealkylation sites (N-methyl/N-ethyl adjacent to an activating group) is 1. The Labute approximate surface area is 82.5 Å². The van der Waals surface area contributed by atoms with Crippen molar-refractivity contribution in [3.63, 3.8) is 0 Å². The zero-order valence-corrected chi connectivity index (χ0v) is 7.87. The summed E-state index contributed by atoms with van der Waals surface area (Å²) in [6.07, 6.45) is 0. The van der Waals surface area contributed by atoms with Crippen molar-refractivity contribution in [1.29, 1.82) is 5.26 Å². The lowest BCUT2D eigenvalue weighted by molar-refractivity contribution is -0.118. The molecule has 0 aromatic heterocycles. The number of hydrogen-bond acceptors (Lipinski definition) is 3. The lowest BCUT2D eigenvalue weighted by Gasteiger charge is -2.04. The Morgan fingerprint density at radius 2 is 2.07 bits per heavy atom. The Morgan fingerprint density at radius 1 is 1.43 bits per heavy atom. The molecule has 0 saturated carbocycles. The first-order valence-electron chi connectivity index (χ1n) is 4.21. The van der Waals surface area contributed by atoms with Crippen molar-refractivity contribution in [3.05, 3.63) is 29.8 Å². The van der Waals surface area contributed by atoms with E-state index in [2.05, 4.69) is 10.6 Å². The molecule has 72 valence electrons. The van der Waals surface area contributed by atoms with E-state index < -0.39 is 0 Å². The first-order chi connectivity index (χ1) is 6.76. The molecule has 1 aromatic carbocycles. The minimum absolute atomic E-state index is 0.0747. The lowest BCUT2D eigenvalue weighted by Crippen LogP contribution is -2.26. The maximum atomic E-state index is 10.9. The lowest BCUT2D eigenvalue weighted by atomic mass is 10.2. The van der Waals surface area contributed by atoms with E-state index in [0.717, 1.165) is 5.69 Å². The Balaban J connectivity index is 2.53. The van der Waals surface area contributed by atoms with Crippen LogP contribution in [0.4, 0.5) is 5.69 Å². The van der Waals surface area contributed by atoms with Crippen LogP contribution < -0.4 is 10.6 Å². The van der Waals surface area contributed by atoms with E-state index in [0.29, 0.717) is 5.56 Å². The maximum absolute atomic E-state index is 10.9. The van der Waals surface area contributed by atoms with Gasteiger partial charge < -0.3 is 10.6 Å². The molecule has 4 heteroatoms. The van der Waals surface area contributed by atoms with Crippen LogP contribution in [-0.2, 0) is 4.79 Å². The molecule has 0 unspecified atom stereocenters. The van der Waals surface area contributed by atoms with Crippen LogP contribution in [0.15, 0.2) is 24.3 Å². The summed E-state index contributed by atoms with van der Waals surface area (Å²) in [5.74, 6) is -0.0747. The van der Waals surface area contributed by atoms with Crippen LogP contribution in [0.2, 0.25) is 0 Å². The van der Waals surface area contributed by atoms with E-state index >= 15 is 0 Å². The Kier molecular flexibility index (Phi) is 3.50. The van der Waals surface area contributed by atoms with E-state index in [1.807, 2.05) is 6.07 Å². The van der Waals surface area contributed by atoms with Crippen LogP contribution in [0.1, 0.15) is 5.56 Å². The molecule has 0 spiro atoms. The van der Waals surface area contributed by atoms with Gasteiger partial charge in [-0.25, -0.2) is 0 Å². The largest absolute Gasteiger partial charge is 0.376 e. The van der Waals surface area contributed by atoms with Gasteiger partial charge in [0.15, 0.2) is 0 Å². The topological polar surface area (TPSA) is 64.9 Å². The number of benzene rings is 1. The predicted molar refractivity (Wildman–Crippen MR) is 53.7 cm³/mol. The molecule has 0 aliphatic heterocycles. The Bertz CT molecular complexity index is 351. The molecule has 1 amide bonds. The summed E-state index contributed by atoms with van der Waals surface area (Å²) in [4.78, 5) is 10.9. The molecule has 0 heterocycles. The second kappa shape index (κ2) is 4.87. The fourth-order valence-corrected chi connectivity index (χ4v) is 0.933. The number of nitrogens with one attached hydrogen (secondary N) is 2. The molecule has 0 aliphatic carbocycles. The highest BCUT2D eigenvalue weighted by Gasteiger charge is 1.97. The quantitative estimate of drug-likeness (QED) is 0.736. The van der Waals surface area contributed by atoms with Gasteiger partial charge in [-0.05, 0) is 24.3 Å². The molecular formula is C10H11N3O. The Morgan fingerprint density at radius 3 is 2.57 bits per heavy atom. The number of carbonyl (C=O) groups excluding carboxylic acids is 1. The summed E-state index contributed by atoms with van der Waals surface area (Å²) in [6, 6.07) is 8.96. The average Bonchev–Trinajstić information content (AvgIpc) is 2.26. The molecule has 14 heavy (non-hydrogen) atoms. The number of nitrogens with zero attached hydrogens (tertiary/aromatic N) is 1. The van der Waals surface area contributed by atoms with E-state index in [1.165, 1.54) is 0 Å². The highest BCUT2D eigenvalue weighted by atomic mass is 16.1. The first-order valence-corrected chi connectivity index (χ1v) is 4.21. The van der Waals surface area contributed by atoms with E-state index in [1.54, 1.807) is 31.3 Å². The molecule has 0 bridgehead atoms. The van der Waals surface area contributed by atoms with Gasteiger partial charge in [0.05, 0.1) is 18.2 Å². The Hall–Kier alpha value is -2.02. The molecule has 0 fully saturated rings. The van der Waals surface area contributed by atoms with Gasteiger partial charge in [0, 0.05) is 12.7 Å². The second-order valence-corrected chi connectivity index (χ2v) is 2.72. The number of anilines is 1. The first kappa shape index (κ1) is 10.1. The summed E-state index contributed by atoms with van der Waals surface area (Å²) in [5, 5.41) is 14.0. The van der Waals surface area contributed by atoms with Gasteiger partial charge in [-0.15, -0.1) is 0 Å². The number of nitriles is 1. The molecular weight excluding hydrogens is 178 g/mol. The van der Waals surface area contributed by atoms with Crippen LogP contribution in [0.3, 0.4) is 0 Å². The molecule has 0 saturated heterocycles. The standard InChI is InChI=1S/C10H11N3O/c1-12-10(14)7-13-9-4-2-8(6-11)3-5-9/h2-5,13H,7H2,1H3,(H,12,14). The fourth-order valence-electron chi connectivity index (χ4n) is 0.933. The normalized spacial score (nSPS) is 8.86. The van der Waals surface area contributed by atoms with E-state index in [9.17, 15) is 4.79 Å². The van der Waals surface area contributed by atoms with Crippen LogP contribution in [0.25, 0.3) is 0 Å². The van der Waals surface area contributed by atoms with Crippen molar-refractivity contribution < 1.29 is 4.79 Å². The summed E-state index contributed by atoms with van der Waals surface area (Å²) < 4.78 is 0. The van der Waals surface area contributed by atoms with Crippen LogP contribution in [0, 0.1) is 11.3 Å². The highest BCUT2D eigenvalue weighted by molar-refractivity contribution is 5.80. The van der Waals surface area contributed by atoms with Gasteiger partial charge in [0.1, 0.15) is 0 Å². The number of carbonyl (C=O) groups is 1. The molecule has 2 N–H and O–H groups in total. The summed E-state index contributed by atoms with van der Waals surface area (Å²) in [5.41, 5.74) is 1.43. The zero-order valence-electron chi connectivity index (χ0n) is 7.87. The van der Waals surface area contributed by atoms with Crippen molar-refractivity contribution in [2.75, 3.05) is 18.9 Å². The van der Waals surface area contributed by atoms with Crippen molar-refractivity contribution >= 4 is 11.6 Å². The van der Waals surface area contributed by atoms with Crippen molar-refractivity contribution in [1.82, 2.24) is 5.32 Å². The highest BCUT2D eigenvalue weighted by Crippen LogP contribution is 2.07.